The Morgan fingerprint density at radius 2 is 2.07 bits per heavy atom. The molecule has 0 fully saturated rings. The van der Waals surface area contributed by atoms with Crippen molar-refractivity contribution < 1.29 is 0 Å². The lowest BCUT2D eigenvalue weighted by atomic mass is 10.2. The molecule has 0 aliphatic carbocycles. The van der Waals surface area contributed by atoms with Crippen LogP contribution < -0.4 is 5.73 Å². The van der Waals surface area contributed by atoms with Gasteiger partial charge in [0, 0.05) is 10.4 Å². The molecule has 0 bridgehead atoms. The topological polar surface area (TPSA) is 51.8 Å². The molecule has 14 heavy (non-hydrogen) atoms. The minimum atomic E-state index is 0.510. The zero-order valence-corrected chi connectivity index (χ0v) is 8.34. The number of hydrogen-bond acceptors (Lipinski definition) is 4. The molecule has 0 saturated heterocycles. The Balaban J connectivity index is 2.93. The van der Waals surface area contributed by atoms with Gasteiger partial charge in [-0.1, -0.05) is 25.3 Å². The second-order valence-electron chi connectivity index (χ2n) is 2.72. The van der Waals surface area contributed by atoms with E-state index in [9.17, 15) is 0 Å². The van der Waals surface area contributed by atoms with E-state index in [-0.39, 0.29) is 0 Å². The summed E-state index contributed by atoms with van der Waals surface area (Å²) in [5.41, 5.74) is 7.57. The molecule has 0 spiro atoms. The first-order valence-corrected chi connectivity index (χ1v) is 4.87. The number of anilines is 1. The lowest BCUT2D eigenvalue weighted by Crippen LogP contribution is -1.90. The van der Waals surface area contributed by atoms with Crippen LogP contribution in [0.25, 0.3) is 22.4 Å². The number of nitrogens with zero attached hydrogens (tertiary/aromatic N) is 2. The molecule has 0 aliphatic heterocycles. The predicted octanol–water partition coefficient (Wildman–Crippen LogP) is 2.56. The Morgan fingerprint density at radius 1 is 1.29 bits per heavy atom. The van der Waals surface area contributed by atoms with Crippen LogP contribution >= 0.6 is 11.3 Å². The summed E-state index contributed by atoms with van der Waals surface area (Å²) in [6.07, 6.45) is 5.01. The largest absolute Gasteiger partial charge is 0.382 e. The molecule has 2 rings (SSSR count). The average Bonchev–Trinajstić information content (AvgIpc) is 2.57. The van der Waals surface area contributed by atoms with Gasteiger partial charge in [0.05, 0.1) is 10.2 Å². The van der Waals surface area contributed by atoms with E-state index in [4.69, 9.17) is 5.73 Å². The number of rotatable bonds is 2. The maximum atomic E-state index is 5.74. The minimum absolute atomic E-state index is 0.510. The first kappa shape index (κ1) is 8.90. The van der Waals surface area contributed by atoms with Crippen molar-refractivity contribution in [2.45, 2.75) is 0 Å². The number of fused-ring (bicyclic) bond motifs is 1. The van der Waals surface area contributed by atoms with Crippen molar-refractivity contribution in [1.82, 2.24) is 9.97 Å². The smallest absolute Gasteiger partial charge is 0.144 e. The van der Waals surface area contributed by atoms with Gasteiger partial charge in [-0.15, -0.1) is 11.3 Å². The molecule has 3 nitrogen and oxygen atoms in total. The van der Waals surface area contributed by atoms with E-state index in [1.54, 1.807) is 12.2 Å². The van der Waals surface area contributed by atoms with E-state index in [0.29, 0.717) is 5.82 Å². The molecule has 70 valence electrons. The van der Waals surface area contributed by atoms with Crippen LogP contribution in [0, 0.1) is 0 Å². The lowest BCUT2D eigenvalue weighted by molar-refractivity contribution is 1.24. The Kier molecular flexibility index (Phi) is 2.05. The van der Waals surface area contributed by atoms with Crippen LogP contribution in [0.4, 0.5) is 5.82 Å². The lowest BCUT2D eigenvalue weighted by Gasteiger charge is -1.93. The van der Waals surface area contributed by atoms with E-state index in [1.165, 1.54) is 17.7 Å². The summed E-state index contributed by atoms with van der Waals surface area (Å²) in [6, 6.07) is 0. The molecule has 2 heterocycles. The fraction of sp³-hybridized carbons (Fsp3) is 0. The maximum absolute atomic E-state index is 5.74. The monoisotopic (exact) mass is 203 g/mol. The molecule has 0 aliphatic rings. The quantitative estimate of drug-likeness (QED) is 0.816. The van der Waals surface area contributed by atoms with Gasteiger partial charge in [-0.2, -0.15) is 0 Å². The Hall–Kier alpha value is -1.68. The number of nitrogens with two attached hydrogens (primary N) is 1. The SMILES string of the molecule is C=Cc1sc2c(N)ncnc2c1C=C. The Morgan fingerprint density at radius 3 is 2.71 bits per heavy atom. The van der Waals surface area contributed by atoms with Crippen LogP contribution in [0.5, 0.6) is 0 Å². The Labute approximate surface area is 85.6 Å². The molecular weight excluding hydrogens is 194 g/mol. The summed E-state index contributed by atoms with van der Waals surface area (Å²) in [5.74, 6) is 0.510. The van der Waals surface area contributed by atoms with Gasteiger partial charge in [0.2, 0.25) is 0 Å². The number of aromatic nitrogens is 2. The third-order valence-electron chi connectivity index (χ3n) is 1.95. The van der Waals surface area contributed by atoms with Gasteiger partial charge in [-0.05, 0) is 0 Å². The Bertz CT molecular complexity index is 513. The second kappa shape index (κ2) is 3.23. The summed E-state index contributed by atoms with van der Waals surface area (Å²) in [7, 11) is 0. The fourth-order valence-corrected chi connectivity index (χ4v) is 2.32. The fourth-order valence-electron chi connectivity index (χ4n) is 1.31. The normalized spacial score (nSPS) is 10.3. The molecule has 0 amide bonds. The van der Waals surface area contributed by atoms with Gasteiger partial charge in [-0.3, -0.25) is 0 Å². The first-order valence-electron chi connectivity index (χ1n) is 4.05. The average molecular weight is 203 g/mol. The van der Waals surface area contributed by atoms with Gasteiger partial charge in [0.1, 0.15) is 12.1 Å². The van der Waals surface area contributed by atoms with E-state index < -0.39 is 0 Å². The van der Waals surface area contributed by atoms with E-state index in [1.807, 2.05) is 0 Å². The van der Waals surface area contributed by atoms with Crippen LogP contribution in [0.3, 0.4) is 0 Å². The van der Waals surface area contributed by atoms with Crippen molar-refractivity contribution in [2.24, 2.45) is 0 Å². The van der Waals surface area contributed by atoms with Crippen molar-refractivity contribution in [3.63, 3.8) is 0 Å². The van der Waals surface area contributed by atoms with Crippen LogP contribution in [0.1, 0.15) is 10.4 Å². The summed E-state index contributed by atoms with van der Waals surface area (Å²) in [6.45, 7) is 7.49. The van der Waals surface area contributed by atoms with E-state index in [2.05, 4.69) is 23.1 Å². The third-order valence-corrected chi connectivity index (χ3v) is 3.17. The maximum Gasteiger partial charge on any atom is 0.144 e. The van der Waals surface area contributed by atoms with E-state index >= 15 is 0 Å². The molecule has 2 aromatic heterocycles. The molecular formula is C10H9N3S. The van der Waals surface area contributed by atoms with Gasteiger partial charge >= 0.3 is 0 Å². The summed E-state index contributed by atoms with van der Waals surface area (Å²) in [4.78, 5) is 9.15. The first-order chi connectivity index (χ1) is 6.77. The molecule has 0 aromatic carbocycles. The zero-order chi connectivity index (χ0) is 10.1. The van der Waals surface area contributed by atoms with Gasteiger partial charge < -0.3 is 5.73 Å². The van der Waals surface area contributed by atoms with Crippen molar-refractivity contribution in [3.8, 4) is 0 Å². The highest BCUT2D eigenvalue weighted by molar-refractivity contribution is 7.20. The van der Waals surface area contributed by atoms with Crippen LogP contribution in [0.15, 0.2) is 19.5 Å². The highest BCUT2D eigenvalue weighted by Crippen LogP contribution is 2.33. The second-order valence-corrected chi connectivity index (χ2v) is 3.78. The van der Waals surface area contributed by atoms with Gasteiger partial charge in [-0.25, -0.2) is 9.97 Å². The molecule has 0 radical (unpaired) electrons. The summed E-state index contributed by atoms with van der Waals surface area (Å²) in [5, 5.41) is 0. The highest BCUT2D eigenvalue weighted by atomic mass is 32.1. The van der Waals surface area contributed by atoms with Gasteiger partial charge in [0.15, 0.2) is 0 Å². The van der Waals surface area contributed by atoms with Crippen LogP contribution in [-0.4, -0.2) is 9.97 Å². The van der Waals surface area contributed by atoms with Crippen molar-refractivity contribution in [3.05, 3.63) is 29.9 Å². The molecule has 0 atom stereocenters. The summed E-state index contributed by atoms with van der Waals surface area (Å²) < 4.78 is 0.900. The molecule has 4 heteroatoms. The van der Waals surface area contributed by atoms with Crippen LogP contribution in [-0.2, 0) is 0 Å². The molecule has 0 unspecified atom stereocenters. The predicted molar refractivity (Wildman–Crippen MR) is 62.0 cm³/mol. The summed E-state index contributed by atoms with van der Waals surface area (Å²) >= 11 is 1.54. The number of thiophene rings is 1. The zero-order valence-electron chi connectivity index (χ0n) is 7.53. The highest BCUT2D eigenvalue weighted by Gasteiger charge is 2.10. The number of nitrogen functional groups attached to an aromatic ring is 1. The molecule has 2 N–H and O–H groups in total. The number of hydrogen-bond donors (Lipinski definition) is 1. The third kappa shape index (κ3) is 1.12. The molecule has 2 aromatic rings. The van der Waals surface area contributed by atoms with Gasteiger partial charge in [0.25, 0.3) is 0 Å². The van der Waals surface area contributed by atoms with Crippen molar-refractivity contribution in [1.29, 1.82) is 0 Å². The molecule has 0 saturated carbocycles. The van der Waals surface area contributed by atoms with Crippen LogP contribution in [0.2, 0.25) is 0 Å². The van der Waals surface area contributed by atoms with Crippen molar-refractivity contribution >= 4 is 39.5 Å². The minimum Gasteiger partial charge on any atom is -0.382 e. The van der Waals surface area contributed by atoms with Crippen molar-refractivity contribution in [2.75, 3.05) is 5.73 Å². The standard InChI is InChI=1S/C10H9N3S/c1-3-6-7(4-2)14-9-8(6)12-5-13-10(9)11/h3-5H,1-2H2,(H2,11,12,13). The van der Waals surface area contributed by atoms with E-state index in [0.717, 1.165) is 20.7 Å².